The molecule has 148 valence electrons. The third kappa shape index (κ3) is 3.63. The van der Waals surface area contributed by atoms with E-state index in [9.17, 15) is 0 Å². The number of anilines is 1. The Morgan fingerprint density at radius 1 is 1.25 bits per heavy atom. The van der Waals surface area contributed by atoms with Gasteiger partial charge in [0, 0.05) is 30.8 Å². The average Bonchev–Trinajstić information content (AvgIpc) is 3.11. The Morgan fingerprint density at radius 3 is 2.71 bits per heavy atom. The Kier molecular flexibility index (Phi) is 5.09. The zero-order chi connectivity index (χ0) is 19.7. The number of halogens is 1. The van der Waals surface area contributed by atoms with Crippen LogP contribution in [0.3, 0.4) is 0 Å². The predicted molar refractivity (Wildman–Crippen MR) is 111 cm³/mol. The van der Waals surface area contributed by atoms with Gasteiger partial charge >= 0.3 is 0 Å². The molecule has 1 aliphatic heterocycles. The maximum absolute atomic E-state index is 6.63. The van der Waals surface area contributed by atoms with Crippen LogP contribution in [0.4, 0.5) is 5.69 Å². The van der Waals surface area contributed by atoms with Crippen molar-refractivity contribution < 1.29 is 0 Å². The SMILES string of the molecule is Cn1ncnc1-c1ccccc1NC1=C(Cl)C=NC(N)(C2CCC(N)CC2)N1. The van der Waals surface area contributed by atoms with Crippen molar-refractivity contribution in [3.05, 3.63) is 41.4 Å². The molecule has 1 saturated carbocycles. The lowest BCUT2D eigenvalue weighted by Gasteiger charge is -2.41. The van der Waals surface area contributed by atoms with E-state index in [2.05, 4.69) is 25.7 Å². The van der Waals surface area contributed by atoms with Crippen LogP contribution < -0.4 is 22.1 Å². The minimum atomic E-state index is -0.902. The topological polar surface area (TPSA) is 119 Å². The van der Waals surface area contributed by atoms with E-state index < -0.39 is 5.79 Å². The van der Waals surface area contributed by atoms with E-state index >= 15 is 0 Å². The standard InChI is InChI=1S/C19H25ClN8/c1-28-18(23-11-25-28)14-4-2-3-5-16(14)26-17-15(20)10-24-19(22,27-17)12-6-8-13(21)9-7-12/h2-5,10-13,26-27H,6-9,21-22H2,1H3. The molecule has 1 atom stereocenters. The second-order valence-electron chi connectivity index (χ2n) is 7.42. The fourth-order valence-electron chi connectivity index (χ4n) is 3.84. The molecule has 2 aromatic rings. The number of nitrogens with two attached hydrogens (primary N) is 2. The van der Waals surface area contributed by atoms with Crippen LogP contribution in [0.2, 0.25) is 0 Å². The first kappa shape index (κ1) is 18.9. The van der Waals surface area contributed by atoms with E-state index in [1.807, 2.05) is 31.3 Å². The van der Waals surface area contributed by atoms with E-state index in [0.717, 1.165) is 42.8 Å². The molecule has 4 rings (SSSR count). The van der Waals surface area contributed by atoms with Crippen LogP contribution in [0.25, 0.3) is 11.4 Å². The summed E-state index contributed by atoms with van der Waals surface area (Å²) in [5.41, 5.74) is 14.4. The molecule has 2 aliphatic rings. The molecule has 0 spiro atoms. The second-order valence-corrected chi connectivity index (χ2v) is 7.83. The highest BCUT2D eigenvalue weighted by Crippen LogP contribution is 2.34. The smallest absolute Gasteiger partial charge is 0.186 e. The normalized spacial score (nSPS) is 27.6. The maximum Gasteiger partial charge on any atom is 0.186 e. The molecule has 6 N–H and O–H groups in total. The minimum Gasteiger partial charge on any atom is -0.340 e. The van der Waals surface area contributed by atoms with E-state index in [4.69, 9.17) is 23.1 Å². The van der Waals surface area contributed by atoms with Crippen molar-refractivity contribution in [2.75, 3.05) is 5.32 Å². The quantitative estimate of drug-likeness (QED) is 0.624. The first-order valence-electron chi connectivity index (χ1n) is 9.44. The molecule has 9 heteroatoms. The lowest BCUT2D eigenvalue weighted by Crippen LogP contribution is -2.60. The van der Waals surface area contributed by atoms with Gasteiger partial charge in [0.25, 0.3) is 0 Å². The van der Waals surface area contributed by atoms with Gasteiger partial charge in [-0.3, -0.25) is 5.73 Å². The number of aryl methyl sites for hydroxylation is 1. The van der Waals surface area contributed by atoms with Crippen LogP contribution >= 0.6 is 11.6 Å². The summed E-state index contributed by atoms with van der Waals surface area (Å²) in [5, 5.41) is 11.3. The molecule has 1 aromatic heterocycles. The molecule has 1 unspecified atom stereocenters. The number of hydrogen-bond donors (Lipinski definition) is 4. The summed E-state index contributed by atoms with van der Waals surface area (Å²) in [6.07, 6.45) is 6.93. The number of aliphatic imine (C=N–C) groups is 1. The van der Waals surface area contributed by atoms with Crippen LogP contribution in [-0.2, 0) is 7.05 Å². The van der Waals surface area contributed by atoms with Crippen LogP contribution in [0.15, 0.2) is 46.4 Å². The van der Waals surface area contributed by atoms with Gasteiger partial charge < -0.3 is 16.4 Å². The van der Waals surface area contributed by atoms with Crippen molar-refractivity contribution >= 4 is 23.5 Å². The van der Waals surface area contributed by atoms with Crippen molar-refractivity contribution in [3.8, 4) is 11.4 Å². The Bertz CT molecular complexity index is 912. The number of aromatic nitrogens is 3. The molecule has 0 radical (unpaired) electrons. The predicted octanol–water partition coefficient (Wildman–Crippen LogP) is 2.11. The van der Waals surface area contributed by atoms with Gasteiger partial charge in [-0.25, -0.2) is 14.7 Å². The first-order valence-corrected chi connectivity index (χ1v) is 9.82. The van der Waals surface area contributed by atoms with Crippen molar-refractivity contribution in [1.82, 2.24) is 20.1 Å². The molecule has 0 amide bonds. The number of nitrogens with zero attached hydrogens (tertiary/aromatic N) is 4. The fourth-order valence-corrected chi connectivity index (χ4v) is 3.98. The van der Waals surface area contributed by atoms with Gasteiger partial charge in [0.05, 0.1) is 10.7 Å². The third-order valence-corrected chi connectivity index (χ3v) is 5.78. The lowest BCUT2D eigenvalue weighted by atomic mass is 9.82. The molecule has 1 aromatic carbocycles. The Hall–Kier alpha value is -2.42. The summed E-state index contributed by atoms with van der Waals surface area (Å²) in [7, 11) is 1.86. The zero-order valence-corrected chi connectivity index (χ0v) is 16.5. The molecule has 28 heavy (non-hydrogen) atoms. The molecule has 0 bridgehead atoms. The highest BCUT2D eigenvalue weighted by Gasteiger charge is 2.39. The van der Waals surface area contributed by atoms with Crippen LogP contribution in [0.5, 0.6) is 0 Å². The van der Waals surface area contributed by atoms with Gasteiger partial charge in [0.15, 0.2) is 11.6 Å². The molecule has 0 saturated heterocycles. The summed E-state index contributed by atoms with van der Waals surface area (Å²) in [4.78, 5) is 8.86. The highest BCUT2D eigenvalue weighted by atomic mass is 35.5. The Labute approximate surface area is 169 Å². The average molecular weight is 401 g/mol. The maximum atomic E-state index is 6.63. The number of hydrogen-bond acceptors (Lipinski definition) is 7. The third-order valence-electron chi connectivity index (χ3n) is 5.49. The number of para-hydroxylation sites is 1. The van der Waals surface area contributed by atoms with Gasteiger partial charge in [-0.15, -0.1) is 0 Å². The molecule has 1 aliphatic carbocycles. The minimum absolute atomic E-state index is 0.194. The Balaban J connectivity index is 1.59. The summed E-state index contributed by atoms with van der Waals surface area (Å²) < 4.78 is 1.73. The number of rotatable bonds is 4. The fraction of sp³-hybridized carbons (Fsp3) is 0.421. The number of benzene rings is 1. The zero-order valence-electron chi connectivity index (χ0n) is 15.8. The highest BCUT2D eigenvalue weighted by molar-refractivity contribution is 6.40. The monoisotopic (exact) mass is 400 g/mol. The van der Waals surface area contributed by atoms with Crippen molar-refractivity contribution in [2.24, 2.45) is 29.4 Å². The van der Waals surface area contributed by atoms with Crippen LogP contribution in [0, 0.1) is 5.92 Å². The first-order chi connectivity index (χ1) is 13.5. The van der Waals surface area contributed by atoms with Gasteiger partial charge in [-0.05, 0) is 37.8 Å². The van der Waals surface area contributed by atoms with Gasteiger partial charge in [-0.2, -0.15) is 5.10 Å². The summed E-state index contributed by atoms with van der Waals surface area (Å²) in [6.45, 7) is 0. The van der Waals surface area contributed by atoms with Crippen LogP contribution in [-0.4, -0.2) is 32.8 Å². The molecular formula is C19H25ClN8. The van der Waals surface area contributed by atoms with E-state index in [1.54, 1.807) is 10.9 Å². The Morgan fingerprint density at radius 2 is 2.00 bits per heavy atom. The van der Waals surface area contributed by atoms with Crippen molar-refractivity contribution in [1.29, 1.82) is 0 Å². The largest absolute Gasteiger partial charge is 0.340 e. The van der Waals surface area contributed by atoms with E-state index in [1.165, 1.54) is 6.33 Å². The van der Waals surface area contributed by atoms with Crippen molar-refractivity contribution in [2.45, 2.75) is 37.5 Å². The summed E-state index contributed by atoms with van der Waals surface area (Å²) in [6, 6.07) is 8.11. The van der Waals surface area contributed by atoms with E-state index in [0.29, 0.717) is 10.9 Å². The molecule has 2 heterocycles. The molecule has 1 fully saturated rings. The van der Waals surface area contributed by atoms with Gasteiger partial charge in [0.2, 0.25) is 0 Å². The molecular weight excluding hydrogens is 376 g/mol. The van der Waals surface area contributed by atoms with E-state index in [-0.39, 0.29) is 12.0 Å². The lowest BCUT2D eigenvalue weighted by molar-refractivity contribution is 0.176. The number of nitrogens with one attached hydrogen (secondary N) is 2. The number of allylic oxidation sites excluding steroid dienone is 1. The van der Waals surface area contributed by atoms with Crippen LogP contribution in [0.1, 0.15) is 25.7 Å². The van der Waals surface area contributed by atoms with Crippen molar-refractivity contribution in [3.63, 3.8) is 0 Å². The molecule has 8 nitrogen and oxygen atoms in total. The van der Waals surface area contributed by atoms with Gasteiger partial charge in [0.1, 0.15) is 12.1 Å². The summed E-state index contributed by atoms with van der Waals surface area (Å²) >= 11 is 6.43. The summed E-state index contributed by atoms with van der Waals surface area (Å²) in [5.74, 6) is 0.674. The van der Waals surface area contributed by atoms with Gasteiger partial charge in [-0.1, -0.05) is 23.7 Å². The second kappa shape index (κ2) is 7.54.